The molecule has 2 aromatic carbocycles. The Balaban J connectivity index is 1.79. The van der Waals surface area contributed by atoms with Crippen LogP contribution in [-0.4, -0.2) is 31.1 Å². The van der Waals surface area contributed by atoms with Crippen molar-refractivity contribution >= 4 is 0 Å². The zero-order valence-electron chi connectivity index (χ0n) is 12.3. The third-order valence-corrected chi connectivity index (χ3v) is 4.63. The molecule has 3 nitrogen and oxygen atoms in total. The summed E-state index contributed by atoms with van der Waals surface area (Å²) in [6.07, 6.45) is 0. The van der Waals surface area contributed by atoms with E-state index in [9.17, 15) is 0 Å². The molecular weight excluding hydrogens is 260 g/mol. The molecule has 0 amide bonds. The lowest BCUT2D eigenvalue weighted by molar-refractivity contribution is 0.0973. The van der Waals surface area contributed by atoms with Crippen molar-refractivity contribution in [3.8, 4) is 5.75 Å². The van der Waals surface area contributed by atoms with Gasteiger partial charge in [0.1, 0.15) is 12.4 Å². The van der Waals surface area contributed by atoms with E-state index in [0.717, 1.165) is 18.8 Å². The van der Waals surface area contributed by atoms with Crippen LogP contribution in [0.2, 0.25) is 0 Å². The van der Waals surface area contributed by atoms with Gasteiger partial charge < -0.3 is 10.1 Å². The third-order valence-electron chi connectivity index (χ3n) is 4.63. The van der Waals surface area contributed by atoms with Gasteiger partial charge in [-0.05, 0) is 24.2 Å². The van der Waals surface area contributed by atoms with Crippen LogP contribution in [0.15, 0.2) is 48.5 Å². The zero-order valence-corrected chi connectivity index (χ0v) is 12.3. The van der Waals surface area contributed by atoms with Crippen LogP contribution in [0.25, 0.3) is 0 Å². The van der Waals surface area contributed by atoms with Gasteiger partial charge in [-0.3, -0.25) is 4.90 Å². The highest BCUT2D eigenvalue weighted by Crippen LogP contribution is 2.41. The lowest BCUT2D eigenvalue weighted by Gasteiger charge is -2.44. The summed E-state index contributed by atoms with van der Waals surface area (Å²) in [5.41, 5.74) is 3.97. The Bertz CT molecular complexity index is 602. The van der Waals surface area contributed by atoms with Crippen molar-refractivity contribution < 1.29 is 4.74 Å². The van der Waals surface area contributed by atoms with Crippen LogP contribution in [0.4, 0.5) is 0 Å². The second kappa shape index (κ2) is 5.17. The average molecular weight is 280 g/mol. The van der Waals surface area contributed by atoms with Gasteiger partial charge in [0, 0.05) is 24.7 Å². The second-order valence-corrected chi connectivity index (χ2v) is 5.87. The van der Waals surface area contributed by atoms with Gasteiger partial charge in [0.15, 0.2) is 0 Å². The Hall–Kier alpha value is -1.84. The quantitative estimate of drug-likeness (QED) is 0.915. The molecule has 2 aliphatic heterocycles. The third kappa shape index (κ3) is 2.13. The van der Waals surface area contributed by atoms with Crippen LogP contribution in [-0.2, 0) is 6.61 Å². The molecule has 1 fully saturated rings. The molecule has 0 saturated carbocycles. The maximum Gasteiger partial charge on any atom is 0.124 e. The number of hydrogen-bond acceptors (Lipinski definition) is 3. The van der Waals surface area contributed by atoms with Crippen molar-refractivity contribution in [3.63, 3.8) is 0 Å². The molecule has 108 valence electrons. The Morgan fingerprint density at radius 1 is 1.00 bits per heavy atom. The van der Waals surface area contributed by atoms with Crippen LogP contribution < -0.4 is 10.1 Å². The maximum atomic E-state index is 6.03. The molecule has 0 aromatic heterocycles. The number of ether oxygens (including phenoxy) is 1. The highest BCUT2D eigenvalue weighted by molar-refractivity contribution is 5.46. The van der Waals surface area contributed by atoms with E-state index in [0.29, 0.717) is 18.7 Å². The fourth-order valence-electron chi connectivity index (χ4n) is 3.39. The van der Waals surface area contributed by atoms with E-state index in [1.165, 1.54) is 16.7 Å². The molecule has 0 bridgehead atoms. The SMILES string of the molecule is CNC1CN([C@H]2c3ccccc3COc3ccccc32)C1. The molecule has 4 rings (SSSR count). The van der Waals surface area contributed by atoms with Crippen LogP contribution in [0.3, 0.4) is 0 Å². The highest BCUT2D eigenvalue weighted by atomic mass is 16.5. The highest BCUT2D eigenvalue weighted by Gasteiger charge is 2.36. The molecule has 3 heteroatoms. The number of nitrogens with zero attached hydrogens (tertiary/aromatic N) is 1. The van der Waals surface area contributed by atoms with E-state index in [1.807, 2.05) is 7.05 Å². The first-order valence-electron chi connectivity index (χ1n) is 7.57. The Morgan fingerprint density at radius 3 is 2.52 bits per heavy atom. The lowest BCUT2D eigenvalue weighted by atomic mass is 9.90. The van der Waals surface area contributed by atoms with Crippen molar-refractivity contribution in [2.75, 3.05) is 20.1 Å². The molecule has 0 aliphatic carbocycles. The first kappa shape index (κ1) is 12.9. The molecule has 2 heterocycles. The van der Waals surface area contributed by atoms with Crippen molar-refractivity contribution in [1.82, 2.24) is 10.2 Å². The first-order chi connectivity index (χ1) is 10.4. The van der Waals surface area contributed by atoms with E-state index < -0.39 is 0 Å². The molecular formula is C18H20N2O. The first-order valence-corrected chi connectivity index (χ1v) is 7.57. The summed E-state index contributed by atoms with van der Waals surface area (Å²) in [5.74, 6) is 1.02. The normalized spacial score (nSPS) is 21.7. The number of benzene rings is 2. The number of nitrogens with one attached hydrogen (secondary N) is 1. The van der Waals surface area contributed by atoms with Gasteiger partial charge in [-0.25, -0.2) is 0 Å². The summed E-state index contributed by atoms with van der Waals surface area (Å²) in [4.78, 5) is 2.54. The number of para-hydroxylation sites is 1. The molecule has 0 radical (unpaired) electrons. The summed E-state index contributed by atoms with van der Waals surface area (Å²) in [6.45, 7) is 2.83. The lowest BCUT2D eigenvalue weighted by Crippen LogP contribution is -2.58. The van der Waals surface area contributed by atoms with E-state index in [1.54, 1.807) is 0 Å². The van der Waals surface area contributed by atoms with Crippen molar-refractivity contribution in [1.29, 1.82) is 0 Å². The predicted molar refractivity (Wildman–Crippen MR) is 83.5 cm³/mol. The minimum Gasteiger partial charge on any atom is -0.489 e. The molecule has 1 atom stereocenters. The van der Waals surface area contributed by atoms with Crippen LogP contribution in [0.1, 0.15) is 22.7 Å². The molecule has 1 N–H and O–H groups in total. The van der Waals surface area contributed by atoms with Gasteiger partial charge in [-0.15, -0.1) is 0 Å². The monoisotopic (exact) mass is 280 g/mol. The topological polar surface area (TPSA) is 24.5 Å². The number of hydrogen-bond donors (Lipinski definition) is 1. The van der Waals surface area contributed by atoms with E-state index in [4.69, 9.17) is 4.74 Å². The van der Waals surface area contributed by atoms with Crippen molar-refractivity contribution in [2.45, 2.75) is 18.7 Å². The van der Waals surface area contributed by atoms with Gasteiger partial charge in [0.2, 0.25) is 0 Å². The summed E-state index contributed by atoms with van der Waals surface area (Å²) < 4.78 is 6.03. The summed E-state index contributed by atoms with van der Waals surface area (Å²) in [7, 11) is 2.04. The van der Waals surface area contributed by atoms with Crippen molar-refractivity contribution in [2.24, 2.45) is 0 Å². The molecule has 0 spiro atoms. The predicted octanol–water partition coefficient (Wildman–Crippen LogP) is 2.57. The fraction of sp³-hybridized carbons (Fsp3) is 0.333. The molecule has 0 unspecified atom stereocenters. The zero-order chi connectivity index (χ0) is 14.2. The molecule has 1 saturated heterocycles. The minimum absolute atomic E-state index is 0.310. The van der Waals surface area contributed by atoms with Gasteiger partial charge in [-0.1, -0.05) is 42.5 Å². The van der Waals surface area contributed by atoms with E-state index in [-0.39, 0.29) is 0 Å². The Kier molecular flexibility index (Phi) is 3.17. The Labute approximate surface area is 125 Å². The minimum atomic E-state index is 0.310. The number of likely N-dealkylation sites (tertiary alicyclic amines) is 1. The van der Waals surface area contributed by atoms with Crippen LogP contribution in [0, 0.1) is 0 Å². The van der Waals surface area contributed by atoms with Crippen LogP contribution >= 0.6 is 0 Å². The summed E-state index contributed by atoms with van der Waals surface area (Å²) in [5, 5.41) is 3.36. The number of fused-ring (bicyclic) bond motifs is 2. The van der Waals surface area contributed by atoms with Crippen LogP contribution in [0.5, 0.6) is 5.75 Å². The number of rotatable bonds is 2. The van der Waals surface area contributed by atoms with Gasteiger partial charge >= 0.3 is 0 Å². The summed E-state index contributed by atoms with van der Waals surface area (Å²) >= 11 is 0. The largest absolute Gasteiger partial charge is 0.489 e. The van der Waals surface area contributed by atoms with Gasteiger partial charge in [0.05, 0.1) is 6.04 Å². The molecule has 2 aliphatic rings. The Morgan fingerprint density at radius 2 is 1.71 bits per heavy atom. The fourth-order valence-corrected chi connectivity index (χ4v) is 3.39. The standard InChI is InChI=1S/C18H20N2O/c1-19-14-10-20(11-14)18-15-7-3-2-6-13(15)12-21-17-9-5-4-8-16(17)18/h2-9,14,18-19H,10-12H2,1H3/t18-/m0/s1. The average Bonchev–Trinajstić information content (AvgIpc) is 2.64. The molecule has 2 aromatic rings. The van der Waals surface area contributed by atoms with E-state index >= 15 is 0 Å². The van der Waals surface area contributed by atoms with Crippen molar-refractivity contribution in [3.05, 3.63) is 65.2 Å². The van der Waals surface area contributed by atoms with Gasteiger partial charge in [-0.2, -0.15) is 0 Å². The van der Waals surface area contributed by atoms with E-state index in [2.05, 4.69) is 58.7 Å². The smallest absolute Gasteiger partial charge is 0.124 e. The summed E-state index contributed by atoms with van der Waals surface area (Å²) in [6, 6.07) is 18.0. The number of likely N-dealkylation sites (N-methyl/N-ethyl adjacent to an activating group) is 1. The second-order valence-electron chi connectivity index (χ2n) is 5.87. The van der Waals surface area contributed by atoms with Gasteiger partial charge in [0.25, 0.3) is 0 Å². The maximum absolute atomic E-state index is 6.03. The molecule has 21 heavy (non-hydrogen) atoms.